The second-order valence-electron chi connectivity index (χ2n) is 4.27. The van der Waals surface area contributed by atoms with Gasteiger partial charge in [0.2, 0.25) is 0 Å². The number of ether oxygens (including phenoxy) is 1. The van der Waals surface area contributed by atoms with Gasteiger partial charge in [0.05, 0.1) is 12.3 Å². The number of carboxylic acid groups (broad SMARTS) is 1. The Morgan fingerprint density at radius 3 is 2.63 bits per heavy atom. The lowest BCUT2D eigenvalue weighted by Gasteiger charge is -2.09. The van der Waals surface area contributed by atoms with Crippen molar-refractivity contribution in [3.05, 3.63) is 23.8 Å². The molecule has 0 aliphatic heterocycles. The van der Waals surface area contributed by atoms with E-state index in [2.05, 4.69) is 0 Å². The fourth-order valence-corrected chi connectivity index (χ4v) is 1.63. The van der Waals surface area contributed by atoms with Gasteiger partial charge in [-0.15, -0.1) is 0 Å². The van der Waals surface area contributed by atoms with Gasteiger partial charge in [0.1, 0.15) is 5.75 Å². The Kier molecular flexibility index (Phi) is 5.85. The fourth-order valence-electron chi connectivity index (χ4n) is 1.63. The smallest absolute Gasteiger partial charge is 0.303 e. The van der Waals surface area contributed by atoms with Gasteiger partial charge in [-0.25, -0.2) is 0 Å². The van der Waals surface area contributed by atoms with Crippen LogP contribution in [0.4, 0.5) is 5.69 Å². The van der Waals surface area contributed by atoms with Gasteiger partial charge in [0.15, 0.2) is 5.78 Å². The van der Waals surface area contributed by atoms with Crippen LogP contribution in [0.1, 0.15) is 43.0 Å². The second kappa shape index (κ2) is 7.41. The monoisotopic (exact) mass is 265 g/mol. The first-order valence-corrected chi connectivity index (χ1v) is 6.32. The zero-order valence-electron chi connectivity index (χ0n) is 11.0. The minimum atomic E-state index is -0.850. The van der Waals surface area contributed by atoms with Crippen molar-refractivity contribution in [1.29, 1.82) is 0 Å². The molecule has 0 spiro atoms. The van der Waals surface area contributed by atoms with E-state index in [0.717, 1.165) is 6.42 Å². The summed E-state index contributed by atoms with van der Waals surface area (Å²) in [6, 6.07) is 4.93. The van der Waals surface area contributed by atoms with Crippen molar-refractivity contribution >= 4 is 17.4 Å². The van der Waals surface area contributed by atoms with Crippen LogP contribution in [0.2, 0.25) is 0 Å². The number of aliphatic carboxylic acids is 1. The molecule has 104 valence electrons. The summed E-state index contributed by atoms with van der Waals surface area (Å²) in [5.74, 6) is -0.304. The van der Waals surface area contributed by atoms with E-state index in [0.29, 0.717) is 36.4 Å². The van der Waals surface area contributed by atoms with Crippen molar-refractivity contribution in [3.8, 4) is 5.75 Å². The Bertz CT molecular complexity index is 457. The van der Waals surface area contributed by atoms with E-state index in [-0.39, 0.29) is 12.2 Å². The van der Waals surface area contributed by atoms with E-state index in [4.69, 9.17) is 15.6 Å². The Balaban J connectivity index is 2.57. The molecule has 0 heterocycles. The number of nitrogens with two attached hydrogens (primary N) is 1. The van der Waals surface area contributed by atoms with E-state index in [1.165, 1.54) is 0 Å². The van der Waals surface area contributed by atoms with Crippen LogP contribution in [0.3, 0.4) is 0 Å². The fraction of sp³-hybridized carbons (Fsp3) is 0.429. The van der Waals surface area contributed by atoms with Gasteiger partial charge >= 0.3 is 5.97 Å². The number of nitrogen functional groups attached to an aromatic ring is 1. The van der Waals surface area contributed by atoms with E-state index in [1.54, 1.807) is 18.2 Å². The van der Waals surface area contributed by atoms with Crippen LogP contribution in [0.25, 0.3) is 0 Å². The van der Waals surface area contributed by atoms with Crippen molar-refractivity contribution in [3.63, 3.8) is 0 Å². The molecule has 19 heavy (non-hydrogen) atoms. The predicted molar refractivity (Wildman–Crippen MR) is 72.5 cm³/mol. The molecule has 3 N–H and O–H groups in total. The average molecular weight is 265 g/mol. The van der Waals surface area contributed by atoms with Crippen LogP contribution in [-0.2, 0) is 4.79 Å². The lowest BCUT2D eigenvalue weighted by molar-refractivity contribution is -0.137. The van der Waals surface area contributed by atoms with Crippen molar-refractivity contribution in [1.82, 2.24) is 0 Å². The summed E-state index contributed by atoms with van der Waals surface area (Å²) in [6.45, 7) is 2.24. The van der Waals surface area contributed by atoms with Crippen molar-refractivity contribution in [2.75, 3.05) is 12.3 Å². The molecule has 0 bridgehead atoms. The van der Waals surface area contributed by atoms with E-state index in [1.807, 2.05) is 6.92 Å². The topological polar surface area (TPSA) is 89.6 Å². The summed E-state index contributed by atoms with van der Waals surface area (Å²) in [5.41, 5.74) is 6.78. The largest absolute Gasteiger partial charge is 0.491 e. The quantitative estimate of drug-likeness (QED) is 0.428. The number of ketones is 1. The highest BCUT2D eigenvalue weighted by Gasteiger charge is 2.08. The number of hydrogen-bond acceptors (Lipinski definition) is 4. The van der Waals surface area contributed by atoms with Gasteiger partial charge in [-0.1, -0.05) is 6.92 Å². The minimum Gasteiger partial charge on any atom is -0.491 e. The first-order chi connectivity index (χ1) is 9.04. The van der Waals surface area contributed by atoms with Crippen molar-refractivity contribution < 1.29 is 19.4 Å². The number of Topliss-reactive ketones (excluding diaryl/α,β-unsaturated/α-hetero) is 1. The van der Waals surface area contributed by atoms with Gasteiger partial charge in [0.25, 0.3) is 0 Å². The normalized spacial score (nSPS) is 10.2. The molecule has 0 atom stereocenters. The first kappa shape index (κ1) is 15.0. The molecule has 5 heteroatoms. The lowest BCUT2D eigenvalue weighted by Crippen LogP contribution is -2.05. The van der Waals surface area contributed by atoms with E-state index in [9.17, 15) is 9.59 Å². The molecule has 0 fully saturated rings. The standard InChI is InChI=1S/C14H19NO4/c1-2-4-12(16)10-6-7-13(11(15)9-10)19-8-3-5-14(17)18/h6-7,9H,2-5,8,15H2,1H3,(H,17,18). The number of benzene rings is 1. The van der Waals surface area contributed by atoms with E-state index >= 15 is 0 Å². The number of carboxylic acids is 1. The predicted octanol–water partition coefficient (Wildman–Crippen LogP) is 2.50. The molecule has 0 amide bonds. The van der Waals surface area contributed by atoms with Gasteiger partial charge < -0.3 is 15.6 Å². The molecule has 0 aromatic heterocycles. The summed E-state index contributed by atoms with van der Waals surface area (Å²) in [4.78, 5) is 22.0. The van der Waals surface area contributed by atoms with Crippen molar-refractivity contribution in [2.24, 2.45) is 0 Å². The maximum absolute atomic E-state index is 11.7. The molecular formula is C14H19NO4. The van der Waals surface area contributed by atoms with Crippen LogP contribution >= 0.6 is 0 Å². The molecule has 1 aromatic carbocycles. The summed E-state index contributed by atoms with van der Waals surface area (Å²) in [5, 5.41) is 8.50. The maximum Gasteiger partial charge on any atom is 0.303 e. The zero-order chi connectivity index (χ0) is 14.3. The third kappa shape index (κ3) is 4.99. The van der Waals surface area contributed by atoms with Crippen LogP contribution < -0.4 is 10.5 Å². The maximum atomic E-state index is 11.7. The zero-order valence-corrected chi connectivity index (χ0v) is 11.0. The molecule has 1 aromatic rings. The lowest BCUT2D eigenvalue weighted by atomic mass is 10.1. The summed E-state index contributed by atoms with van der Waals surface area (Å²) < 4.78 is 5.38. The second-order valence-corrected chi connectivity index (χ2v) is 4.27. The van der Waals surface area contributed by atoms with Gasteiger partial charge in [-0.05, 0) is 31.0 Å². The van der Waals surface area contributed by atoms with Crippen LogP contribution in [0.15, 0.2) is 18.2 Å². The van der Waals surface area contributed by atoms with E-state index < -0.39 is 5.97 Å². The minimum absolute atomic E-state index is 0.0617. The number of carbonyl (C=O) groups is 2. The third-order valence-corrected chi connectivity index (χ3v) is 2.60. The highest BCUT2D eigenvalue weighted by Crippen LogP contribution is 2.23. The summed E-state index contributed by atoms with van der Waals surface area (Å²) >= 11 is 0. The summed E-state index contributed by atoms with van der Waals surface area (Å²) in [6.07, 6.45) is 1.78. The highest BCUT2D eigenvalue weighted by atomic mass is 16.5. The molecule has 0 radical (unpaired) electrons. The van der Waals surface area contributed by atoms with Crippen molar-refractivity contribution in [2.45, 2.75) is 32.6 Å². The number of carbonyl (C=O) groups excluding carboxylic acids is 1. The molecule has 0 aliphatic rings. The molecule has 1 rings (SSSR count). The highest BCUT2D eigenvalue weighted by molar-refractivity contribution is 5.97. The Hall–Kier alpha value is -2.04. The number of rotatable bonds is 8. The molecular weight excluding hydrogens is 246 g/mol. The Labute approximate surface area is 112 Å². The van der Waals surface area contributed by atoms with Crippen LogP contribution in [0, 0.1) is 0 Å². The first-order valence-electron chi connectivity index (χ1n) is 6.32. The van der Waals surface area contributed by atoms with Gasteiger partial charge in [0, 0.05) is 18.4 Å². The number of anilines is 1. The third-order valence-electron chi connectivity index (χ3n) is 2.60. The molecule has 0 unspecified atom stereocenters. The molecule has 5 nitrogen and oxygen atoms in total. The average Bonchev–Trinajstić information content (AvgIpc) is 2.36. The van der Waals surface area contributed by atoms with Crippen LogP contribution in [0.5, 0.6) is 5.75 Å². The number of hydrogen-bond donors (Lipinski definition) is 2. The molecule has 0 aliphatic carbocycles. The van der Waals surface area contributed by atoms with Gasteiger partial charge in [-0.3, -0.25) is 9.59 Å². The van der Waals surface area contributed by atoms with Gasteiger partial charge in [-0.2, -0.15) is 0 Å². The Morgan fingerprint density at radius 2 is 2.05 bits per heavy atom. The SMILES string of the molecule is CCCC(=O)c1ccc(OCCCC(=O)O)c(N)c1. The molecule has 0 saturated heterocycles. The van der Waals surface area contributed by atoms with Crippen LogP contribution in [-0.4, -0.2) is 23.5 Å². The summed E-state index contributed by atoms with van der Waals surface area (Å²) in [7, 11) is 0. The Morgan fingerprint density at radius 1 is 1.32 bits per heavy atom. The molecule has 0 saturated carbocycles.